The molecule has 0 aliphatic heterocycles. The van der Waals surface area contributed by atoms with Crippen LogP contribution < -0.4 is 11.1 Å². The Morgan fingerprint density at radius 1 is 1.29 bits per heavy atom. The maximum Gasteiger partial charge on any atom is 0.173 e. The number of halogens is 3. The third-order valence-corrected chi connectivity index (χ3v) is 3.19. The molecule has 2 rings (SSSR count). The molecule has 0 aliphatic carbocycles. The molecule has 7 heteroatoms. The highest BCUT2D eigenvalue weighted by Crippen LogP contribution is 2.23. The molecular formula is C14H12ClF2N3O. The molecule has 0 unspecified atom stereocenters. The Labute approximate surface area is 124 Å². The quantitative estimate of drug-likeness (QED) is 0.351. The zero-order valence-corrected chi connectivity index (χ0v) is 11.5. The van der Waals surface area contributed by atoms with Crippen molar-refractivity contribution in [2.45, 2.75) is 6.54 Å². The van der Waals surface area contributed by atoms with Gasteiger partial charge in [-0.25, -0.2) is 8.78 Å². The summed E-state index contributed by atoms with van der Waals surface area (Å²) in [7, 11) is 0. The number of nitrogens with one attached hydrogen (secondary N) is 1. The number of nitrogens with zero attached hydrogens (tertiary/aromatic N) is 1. The normalized spacial score (nSPS) is 11.5. The molecule has 0 spiro atoms. The predicted octanol–water partition coefficient (Wildman–Crippen LogP) is 3.32. The SMILES string of the molecule is N/C(=N/O)c1cccc(CNc2cc(F)ccc2Cl)c1F. The smallest absolute Gasteiger partial charge is 0.173 e. The number of oxime groups is 1. The van der Waals surface area contributed by atoms with Crippen molar-refractivity contribution in [2.24, 2.45) is 10.9 Å². The first-order valence-electron chi connectivity index (χ1n) is 5.97. The van der Waals surface area contributed by atoms with E-state index in [1.165, 1.54) is 30.3 Å². The largest absolute Gasteiger partial charge is 0.409 e. The van der Waals surface area contributed by atoms with Crippen molar-refractivity contribution < 1.29 is 14.0 Å². The lowest BCUT2D eigenvalue weighted by molar-refractivity contribution is 0.318. The minimum absolute atomic E-state index is 0.0119. The lowest BCUT2D eigenvalue weighted by atomic mass is 10.1. The van der Waals surface area contributed by atoms with Gasteiger partial charge in [0.15, 0.2) is 5.84 Å². The molecule has 0 aromatic heterocycles. The van der Waals surface area contributed by atoms with E-state index in [2.05, 4.69) is 10.5 Å². The second kappa shape index (κ2) is 6.41. The summed E-state index contributed by atoms with van der Waals surface area (Å²) in [5.41, 5.74) is 6.00. The lowest BCUT2D eigenvalue weighted by Crippen LogP contribution is -2.16. The molecule has 0 bridgehead atoms. The van der Waals surface area contributed by atoms with Crippen molar-refractivity contribution in [3.05, 3.63) is 64.2 Å². The van der Waals surface area contributed by atoms with Crippen LogP contribution in [0.1, 0.15) is 11.1 Å². The van der Waals surface area contributed by atoms with Gasteiger partial charge in [0.25, 0.3) is 0 Å². The molecule has 4 N–H and O–H groups in total. The molecule has 0 heterocycles. The molecule has 0 saturated heterocycles. The highest BCUT2D eigenvalue weighted by Gasteiger charge is 2.12. The maximum atomic E-state index is 14.2. The molecule has 0 saturated carbocycles. The van der Waals surface area contributed by atoms with Crippen molar-refractivity contribution in [3.8, 4) is 0 Å². The van der Waals surface area contributed by atoms with Gasteiger partial charge in [0.2, 0.25) is 0 Å². The van der Waals surface area contributed by atoms with Crippen LogP contribution in [-0.4, -0.2) is 11.0 Å². The summed E-state index contributed by atoms with van der Waals surface area (Å²) in [5, 5.41) is 14.5. The van der Waals surface area contributed by atoms with Gasteiger partial charge in [0, 0.05) is 12.1 Å². The molecule has 0 amide bonds. The van der Waals surface area contributed by atoms with Gasteiger partial charge in [0.1, 0.15) is 11.6 Å². The first-order valence-corrected chi connectivity index (χ1v) is 6.35. The van der Waals surface area contributed by atoms with E-state index in [-0.39, 0.29) is 23.5 Å². The Morgan fingerprint density at radius 3 is 2.76 bits per heavy atom. The van der Waals surface area contributed by atoms with Crippen LogP contribution in [0.2, 0.25) is 5.02 Å². The van der Waals surface area contributed by atoms with Crippen molar-refractivity contribution in [1.82, 2.24) is 0 Å². The molecule has 2 aromatic rings. The van der Waals surface area contributed by atoms with Gasteiger partial charge in [-0.05, 0) is 24.3 Å². The summed E-state index contributed by atoms with van der Waals surface area (Å²) in [5.74, 6) is -1.39. The topological polar surface area (TPSA) is 70.6 Å². The zero-order chi connectivity index (χ0) is 15.4. The third-order valence-electron chi connectivity index (χ3n) is 2.86. The van der Waals surface area contributed by atoms with E-state index in [4.69, 9.17) is 22.5 Å². The van der Waals surface area contributed by atoms with Crippen LogP contribution in [0.4, 0.5) is 14.5 Å². The Morgan fingerprint density at radius 2 is 2.05 bits per heavy atom. The van der Waals surface area contributed by atoms with E-state index in [1.807, 2.05) is 0 Å². The predicted molar refractivity (Wildman–Crippen MR) is 77.6 cm³/mol. The van der Waals surface area contributed by atoms with Crippen LogP contribution in [-0.2, 0) is 6.54 Å². The Kier molecular flexibility index (Phi) is 4.59. The van der Waals surface area contributed by atoms with Gasteiger partial charge in [-0.15, -0.1) is 0 Å². The number of amidine groups is 1. The Bertz CT molecular complexity index is 692. The van der Waals surface area contributed by atoms with Crippen LogP contribution in [0.25, 0.3) is 0 Å². The molecule has 21 heavy (non-hydrogen) atoms. The average Bonchev–Trinajstić information content (AvgIpc) is 2.48. The number of nitrogens with two attached hydrogens (primary N) is 1. The third kappa shape index (κ3) is 3.41. The van der Waals surface area contributed by atoms with E-state index in [0.29, 0.717) is 10.7 Å². The highest BCUT2D eigenvalue weighted by molar-refractivity contribution is 6.33. The van der Waals surface area contributed by atoms with Crippen molar-refractivity contribution in [3.63, 3.8) is 0 Å². The van der Waals surface area contributed by atoms with Gasteiger partial charge in [-0.3, -0.25) is 0 Å². The molecular weight excluding hydrogens is 300 g/mol. The molecule has 2 aromatic carbocycles. The Hall–Kier alpha value is -2.34. The number of hydrogen-bond acceptors (Lipinski definition) is 3. The summed E-state index contributed by atoms with van der Waals surface area (Å²) in [6.45, 7) is 0.0710. The van der Waals surface area contributed by atoms with E-state index < -0.39 is 11.6 Å². The first kappa shape index (κ1) is 15.1. The fourth-order valence-corrected chi connectivity index (χ4v) is 1.98. The summed E-state index contributed by atoms with van der Waals surface area (Å²) in [6, 6.07) is 8.34. The second-order valence-corrected chi connectivity index (χ2v) is 4.65. The molecule has 0 fully saturated rings. The molecule has 0 aliphatic rings. The fourth-order valence-electron chi connectivity index (χ4n) is 1.79. The van der Waals surface area contributed by atoms with Gasteiger partial charge in [-0.1, -0.05) is 28.9 Å². The molecule has 0 atom stereocenters. The summed E-state index contributed by atoms with van der Waals surface area (Å²) >= 11 is 5.91. The summed E-state index contributed by atoms with van der Waals surface area (Å²) in [6.07, 6.45) is 0. The summed E-state index contributed by atoms with van der Waals surface area (Å²) < 4.78 is 27.3. The number of benzene rings is 2. The van der Waals surface area contributed by atoms with E-state index in [0.717, 1.165) is 0 Å². The van der Waals surface area contributed by atoms with Crippen molar-refractivity contribution >= 4 is 23.1 Å². The van der Waals surface area contributed by atoms with E-state index >= 15 is 0 Å². The van der Waals surface area contributed by atoms with E-state index in [1.54, 1.807) is 6.07 Å². The van der Waals surface area contributed by atoms with Gasteiger partial charge >= 0.3 is 0 Å². The molecule has 110 valence electrons. The first-order chi connectivity index (χ1) is 10.0. The van der Waals surface area contributed by atoms with Crippen LogP contribution in [0.15, 0.2) is 41.6 Å². The lowest BCUT2D eigenvalue weighted by Gasteiger charge is -2.11. The maximum absolute atomic E-state index is 14.2. The standard InChI is InChI=1S/C14H12ClF2N3O/c15-11-5-4-9(16)6-12(11)19-7-8-2-1-3-10(13(8)17)14(18)20-21/h1-6,19,21H,7H2,(H2,18,20). The Balaban J connectivity index is 2.23. The monoisotopic (exact) mass is 311 g/mol. The molecule has 4 nitrogen and oxygen atoms in total. The second-order valence-electron chi connectivity index (χ2n) is 4.24. The van der Waals surface area contributed by atoms with Crippen LogP contribution in [0, 0.1) is 11.6 Å². The summed E-state index contributed by atoms with van der Waals surface area (Å²) in [4.78, 5) is 0. The zero-order valence-electron chi connectivity index (χ0n) is 10.8. The van der Waals surface area contributed by atoms with Crippen molar-refractivity contribution in [2.75, 3.05) is 5.32 Å². The van der Waals surface area contributed by atoms with Gasteiger partial charge in [0.05, 0.1) is 16.3 Å². The minimum atomic E-state index is -0.618. The molecule has 0 radical (unpaired) electrons. The van der Waals surface area contributed by atoms with Crippen LogP contribution >= 0.6 is 11.6 Å². The highest BCUT2D eigenvalue weighted by atomic mass is 35.5. The van der Waals surface area contributed by atoms with Crippen LogP contribution in [0.5, 0.6) is 0 Å². The van der Waals surface area contributed by atoms with E-state index in [9.17, 15) is 8.78 Å². The van der Waals surface area contributed by atoms with Gasteiger partial charge < -0.3 is 16.3 Å². The van der Waals surface area contributed by atoms with Gasteiger partial charge in [-0.2, -0.15) is 0 Å². The number of hydrogen-bond donors (Lipinski definition) is 3. The number of anilines is 1. The van der Waals surface area contributed by atoms with Crippen molar-refractivity contribution in [1.29, 1.82) is 0 Å². The number of rotatable bonds is 4. The average molecular weight is 312 g/mol. The van der Waals surface area contributed by atoms with Crippen LogP contribution in [0.3, 0.4) is 0 Å². The minimum Gasteiger partial charge on any atom is -0.409 e. The fraction of sp³-hybridized carbons (Fsp3) is 0.0714.